The summed E-state index contributed by atoms with van der Waals surface area (Å²) in [5.74, 6) is -0.883. The number of fused-ring (bicyclic) bond motifs is 1. The fourth-order valence-corrected chi connectivity index (χ4v) is 3.75. The van der Waals surface area contributed by atoms with Crippen LogP contribution in [-0.4, -0.2) is 26.4 Å². The lowest BCUT2D eigenvalue weighted by Gasteiger charge is -2.07. The highest BCUT2D eigenvalue weighted by atomic mass is 35.5. The first-order valence-corrected chi connectivity index (χ1v) is 8.41. The zero-order valence-corrected chi connectivity index (χ0v) is 13.2. The molecule has 1 N–H and O–H groups in total. The highest BCUT2D eigenvalue weighted by Gasteiger charge is 2.15. The summed E-state index contributed by atoms with van der Waals surface area (Å²) in [4.78, 5) is 16.5. The van der Waals surface area contributed by atoms with Gasteiger partial charge in [-0.1, -0.05) is 35.5 Å². The molecule has 0 bridgehead atoms. The third kappa shape index (κ3) is 3.07. The summed E-state index contributed by atoms with van der Waals surface area (Å²) in [6, 6.07) is 9.58. The van der Waals surface area contributed by atoms with Gasteiger partial charge in [-0.2, -0.15) is 0 Å². The molecule has 0 saturated heterocycles. The number of halogens is 1. The van der Waals surface area contributed by atoms with Gasteiger partial charge >= 0.3 is 5.97 Å². The number of carboxylic acid groups (broad SMARTS) is 1. The summed E-state index contributed by atoms with van der Waals surface area (Å²) in [5, 5.41) is 12.2. The summed E-state index contributed by atoms with van der Waals surface area (Å²) in [7, 11) is 0. The molecular weight excluding hydrogens is 328 g/mol. The monoisotopic (exact) mass is 338 g/mol. The topological polar surface area (TPSA) is 55.1 Å². The average Bonchev–Trinajstić information content (AvgIpc) is 3.06. The summed E-state index contributed by atoms with van der Waals surface area (Å²) in [5.41, 5.74) is 1.63. The van der Waals surface area contributed by atoms with E-state index in [4.69, 9.17) is 16.7 Å². The predicted octanol–water partition coefficient (Wildman–Crippen LogP) is 3.98. The SMILES string of the molecule is O=C(O)CSc1nc2cccc(Cl)c2n1Cc1cccs1. The number of para-hydroxylation sites is 1. The lowest BCUT2D eigenvalue weighted by Crippen LogP contribution is -2.03. The van der Waals surface area contributed by atoms with E-state index in [1.165, 1.54) is 16.6 Å². The highest BCUT2D eigenvalue weighted by Crippen LogP contribution is 2.30. The number of aromatic nitrogens is 2. The van der Waals surface area contributed by atoms with Crippen LogP contribution in [-0.2, 0) is 11.3 Å². The average molecular weight is 339 g/mol. The molecule has 2 aromatic heterocycles. The van der Waals surface area contributed by atoms with E-state index in [-0.39, 0.29) is 5.75 Å². The van der Waals surface area contributed by atoms with Gasteiger partial charge in [0.1, 0.15) is 0 Å². The molecule has 0 radical (unpaired) electrons. The van der Waals surface area contributed by atoms with Crippen LogP contribution < -0.4 is 0 Å². The lowest BCUT2D eigenvalue weighted by atomic mass is 10.3. The second-order valence-electron chi connectivity index (χ2n) is 4.35. The molecule has 1 aromatic carbocycles. The van der Waals surface area contributed by atoms with Crippen molar-refractivity contribution < 1.29 is 9.90 Å². The Morgan fingerprint density at radius 3 is 2.95 bits per heavy atom. The Labute approximate surface area is 134 Å². The molecule has 0 spiro atoms. The van der Waals surface area contributed by atoms with Crippen molar-refractivity contribution in [2.75, 3.05) is 5.75 Å². The number of hydrogen-bond acceptors (Lipinski definition) is 4. The van der Waals surface area contributed by atoms with Crippen LogP contribution in [0.25, 0.3) is 11.0 Å². The Morgan fingerprint density at radius 1 is 1.38 bits per heavy atom. The first-order valence-electron chi connectivity index (χ1n) is 6.17. The molecule has 0 fully saturated rings. The van der Waals surface area contributed by atoms with E-state index < -0.39 is 5.97 Å². The highest BCUT2D eigenvalue weighted by molar-refractivity contribution is 7.99. The molecule has 3 aromatic rings. The standard InChI is InChI=1S/C14H11ClN2O2S2/c15-10-4-1-5-11-13(10)17(7-9-3-2-6-20-9)14(16-11)21-8-12(18)19/h1-6H,7-8H2,(H,18,19). The maximum atomic E-state index is 10.8. The minimum atomic E-state index is -0.860. The van der Waals surface area contributed by atoms with Crippen LogP contribution in [0.1, 0.15) is 4.88 Å². The smallest absolute Gasteiger partial charge is 0.313 e. The van der Waals surface area contributed by atoms with Gasteiger partial charge in [0.25, 0.3) is 0 Å². The molecule has 0 saturated carbocycles. The van der Waals surface area contributed by atoms with E-state index >= 15 is 0 Å². The molecule has 3 rings (SSSR count). The number of hydrogen-bond donors (Lipinski definition) is 1. The van der Waals surface area contributed by atoms with Gasteiger partial charge in [-0.25, -0.2) is 4.98 Å². The van der Waals surface area contributed by atoms with Gasteiger partial charge in [-0.15, -0.1) is 11.3 Å². The third-order valence-electron chi connectivity index (χ3n) is 2.90. The Morgan fingerprint density at radius 2 is 2.24 bits per heavy atom. The van der Waals surface area contributed by atoms with Gasteiger partial charge < -0.3 is 9.67 Å². The van der Waals surface area contributed by atoms with Gasteiger partial charge in [-0.3, -0.25) is 4.79 Å². The number of aliphatic carboxylic acids is 1. The number of thioether (sulfide) groups is 1. The number of benzene rings is 1. The molecule has 21 heavy (non-hydrogen) atoms. The maximum Gasteiger partial charge on any atom is 0.313 e. The molecule has 0 aliphatic rings. The number of carboxylic acids is 1. The Balaban J connectivity index is 2.07. The van der Waals surface area contributed by atoms with Gasteiger partial charge in [0.15, 0.2) is 5.16 Å². The summed E-state index contributed by atoms with van der Waals surface area (Å²) >= 11 is 9.16. The number of carbonyl (C=O) groups is 1. The number of nitrogens with zero attached hydrogens (tertiary/aromatic N) is 2. The summed E-state index contributed by atoms with van der Waals surface area (Å²) in [6.07, 6.45) is 0. The minimum absolute atomic E-state index is 0.0224. The fourth-order valence-electron chi connectivity index (χ4n) is 2.06. The van der Waals surface area contributed by atoms with E-state index in [1.54, 1.807) is 11.3 Å². The van der Waals surface area contributed by atoms with Crippen molar-refractivity contribution >= 4 is 51.7 Å². The summed E-state index contributed by atoms with van der Waals surface area (Å²) < 4.78 is 1.98. The molecule has 4 nitrogen and oxygen atoms in total. The number of rotatable bonds is 5. The van der Waals surface area contributed by atoms with Crippen molar-refractivity contribution in [3.63, 3.8) is 0 Å². The summed E-state index contributed by atoms with van der Waals surface area (Å²) in [6.45, 7) is 0.639. The maximum absolute atomic E-state index is 10.8. The van der Waals surface area contributed by atoms with Crippen LogP contribution in [0.5, 0.6) is 0 Å². The van der Waals surface area contributed by atoms with Crippen LogP contribution in [0.2, 0.25) is 5.02 Å². The molecule has 2 heterocycles. The molecule has 0 amide bonds. The minimum Gasteiger partial charge on any atom is -0.481 e. The van der Waals surface area contributed by atoms with Gasteiger partial charge in [-0.05, 0) is 23.6 Å². The molecule has 0 aliphatic carbocycles. The molecule has 0 unspecified atom stereocenters. The molecule has 108 valence electrons. The number of imidazole rings is 1. The van der Waals surface area contributed by atoms with Gasteiger partial charge in [0.2, 0.25) is 0 Å². The van der Waals surface area contributed by atoms with Crippen LogP contribution >= 0.6 is 34.7 Å². The van der Waals surface area contributed by atoms with Crippen molar-refractivity contribution in [3.8, 4) is 0 Å². The number of thiophene rings is 1. The van der Waals surface area contributed by atoms with Crippen LogP contribution in [0.3, 0.4) is 0 Å². The zero-order chi connectivity index (χ0) is 14.8. The Bertz CT molecular complexity index is 784. The second-order valence-corrected chi connectivity index (χ2v) is 6.73. The van der Waals surface area contributed by atoms with Crippen molar-refractivity contribution in [1.29, 1.82) is 0 Å². The molecule has 7 heteroatoms. The van der Waals surface area contributed by atoms with Gasteiger partial charge in [0.05, 0.1) is 28.4 Å². The van der Waals surface area contributed by atoms with Crippen molar-refractivity contribution in [2.45, 2.75) is 11.7 Å². The first kappa shape index (κ1) is 14.4. The van der Waals surface area contributed by atoms with E-state index in [0.717, 1.165) is 11.0 Å². The Kier molecular flexibility index (Phi) is 4.19. The van der Waals surface area contributed by atoms with Crippen molar-refractivity contribution in [3.05, 3.63) is 45.6 Å². The van der Waals surface area contributed by atoms with E-state index in [9.17, 15) is 4.79 Å². The second kappa shape index (κ2) is 6.09. The van der Waals surface area contributed by atoms with Gasteiger partial charge in [0, 0.05) is 4.88 Å². The van der Waals surface area contributed by atoms with Crippen LogP contribution in [0.4, 0.5) is 0 Å². The van der Waals surface area contributed by atoms with E-state index in [0.29, 0.717) is 16.7 Å². The quantitative estimate of drug-likeness (QED) is 0.715. The van der Waals surface area contributed by atoms with Crippen molar-refractivity contribution in [1.82, 2.24) is 9.55 Å². The zero-order valence-electron chi connectivity index (χ0n) is 10.8. The lowest BCUT2D eigenvalue weighted by molar-refractivity contribution is -0.133. The van der Waals surface area contributed by atoms with Crippen LogP contribution in [0.15, 0.2) is 40.9 Å². The van der Waals surface area contributed by atoms with Crippen LogP contribution in [0, 0.1) is 0 Å². The normalized spacial score (nSPS) is 11.1. The van der Waals surface area contributed by atoms with E-state index in [2.05, 4.69) is 4.98 Å². The van der Waals surface area contributed by atoms with E-state index in [1.807, 2.05) is 40.3 Å². The predicted molar refractivity (Wildman–Crippen MR) is 86.5 cm³/mol. The third-order valence-corrected chi connectivity index (χ3v) is 5.03. The largest absolute Gasteiger partial charge is 0.481 e. The Hall–Kier alpha value is -1.50. The fraction of sp³-hybridized carbons (Fsp3) is 0.143. The molecular formula is C14H11ClN2O2S2. The first-order chi connectivity index (χ1) is 10.1. The molecule has 0 aliphatic heterocycles. The molecule has 0 atom stereocenters. The van der Waals surface area contributed by atoms with Crippen molar-refractivity contribution in [2.24, 2.45) is 0 Å².